The fourth-order valence-corrected chi connectivity index (χ4v) is 4.42. The molecular weight excluding hydrogens is 400 g/mol. The van der Waals surface area contributed by atoms with E-state index < -0.39 is 0 Å². The van der Waals surface area contributed by atoms with Gasteiger partial charge in [-0.1, -0.05) is 30.3 Å². The van der Waals surface area contributed by atoms with Crippen molar-refractivity contribution >= 4 is 16.7 Å². The molecule has 3 aromatic rings. The highest BCUT2D eigenvalue weighted by Gasteiger charge is 2.21. The normalized spacial score (nSPS) is 15.1. The van der Waals surface area contributed by atoms with E-state index in [0.717, 1.165) is 43.8 Å². The molecule has 1 aliphatic rings. The summed E-state index contributed by atoms with van der Waals surface area (Å²) in [6, 6.07) is 19.0. The first-order valence-corrected chi connectivity index (χ1v) is 11.2. The summed E-state index contributed by atoms with van der Waals surface area (Å²) in [5.74, 6) is 0.723. The van der Waals surface area contributed by atoms with Crippen molar-refractivity contribution in [3.05, 3.63) is 76.9 Å². The predicted molar refractivity (Wildman–Crippen MR) is 128 cm³/mol. The number of benzene rings is 3. The number of carbonyl (C=O) groups excluding carboxylic acids is 1. The molecule has 0 atom stereocenters. The van der Waals surface area contributed by atoms with E-state index in [-0.39, 0.29) is 11.9 Å². The topological polar surface area (TPSA) is 50.8 Å². The van der Waals surface area contributed by atoms with E-state index in [1.54, 1.807) is 14.2 Å². The fourth-order valence-electron chi connectivity index (χ4n) is 4.42. The third kappa shape index (κ3) is 5.29. The molecule has 0 radical (unpaired) electrons. The highest BCUT2D eigenvalue weighted by atomic mass is 16.5. The van der Waals surface area contributed by atoms with Gasteiger partial charge in [0.15, 0.2) is 0 Å². The van der Waals surface area contributed by atoms with Crippen molar-refractivity contribution < 1.29 is 14.3 Å². The number of methoxy groups -OCH3 is 2. The van der Waals surface area contributed by atoms with E-state index in [2.05, 4.69) is 46.6 Å². The van der Waals surface area contributed by atoms with Crippen molar-refractivity contribution in [1.29, 1.82) is 0 Å². The molecule has 1 heterocycles. The lowest BCUT2D eigenvalue weighted by Gasteiger charge is -2.32. The van der Waals surface area contributed by atoms with Crippen LogP contribution in [-0.2, 0) is 17.9 Å². The second-order valence-corrected chi connectivity index (χ2v) is 8.66. The molecule has 3 aromatic carbocycles. The van der Waals surface area contributed by atoms with Crippen molar-refractivity contribution in [1.82, 2.24) is 10.2 Å². The van der Waals surface area contributed by atoms with E-state index in [4.69, 9.17) is 9.47 Å². The van der Waals surface area contributed by atoms with Gasteiger partial charge in [0, 0.05) is 38.3 Å². The van der Waals surface area contributed by atoms with Gasteiger partial charge in [-0.15, -0.1) is 0 Å². The van der Waals surface area contributed by atoms with Crippen molar-refractivity contribution in [3.8, 4) is 5.75 Å². The standard InChI is InChI=1S/C27H32N2O3/c1-19-4-7-23(16-26(19)32-3)27(30)28-25-10-12-29(13-11-25)17-20-5-8-22-9-6-21(18-31-2)15-24(22)14-20/h4-9,14-16,25H,10-13,17-18H2,1-3H3,(H,28,30). The maximum absolute atomic E-state index is 12.7. The number of hydrogen-bond donors (Lipinski definition) is 1. The van der Waals surface area contributed by atoms with Crippen molar-refractivity contribution in [2.45, 2.75) is 39.0 Å². The van der Waals surface area contributed by atoms with Crippen LogP contribution in [0.2, 0.25) is 0 Å². The van der Waals surface area contributed by atoms with Crippen LogP contribution < -0.4 is 10.1 Å². The lowest BCUT2D eigenvalue weighted by atomic mass is 10.0. The molecule has 5 heteroatoms. The number of fused-ring (bicyclic) bond motifs is 1. The number of piperidine rings is 1. The first-order valence-electron chi connectivity index (χ1n) is 11.2. The van der Waals surface area contributed by atoms with Gasteiger partial charge in [0.2, 0.25) is 0 Å². The van der Waals surface area contributed by atoms with Crippen LogP contribution in [0.5, 0.6) is 5.75 Å². The summed E-state index contributed by atoms with van der Waals surface area (Å²) in [6.07, 6.45) is 1.92. The average molecular weight is 433 g/mol. The Morgan fingerprint density at radius 1 is 0.969 bits per heavy atom. The molecule has 0 unspecified atom stereocenters. The first kappa shape index (κ1) is 22.3. The first-order chi connectivity index (χ1) is 15.6. The van der Waals surface area contributed by atoms with Crippen LogP contribution in [0.4, 0.5) is 0 Å². The SMILES string of the molecule is COCc1ccc2ccc(CN3CCC(NC(=O)c4ccc(C)c(OC)c4)CC3)cc2c1. The van der Waals surface area contributed by atoms with Gasteiger partial charge >= 0.3 is 0 Å². The molecule has 32 heavy (non-hydrogen) atoms. The molecule has 1 aliphatic heterocycles. The average Bonchev–Trinajstić information content (AvgIpc) is 2.80. The lowest BCUT2D eigenvalue weighted by molar-refractivity contribution is 0.0908. The molecular formula is C27H32N2O3. The summed E-state index contributed by atoms with van der Waals surface area (Å²) in [7, 11) is 3.36. The number of rotatable bonds is 7. The van der Waals surface area contributed by atoms with Gasteiger partial charge in [0.1, 0.15) is 5.75 Å². The van der Waals surface area contributed by atoms with Gasteiger partial charge < -0.3 is 14.8 Å². The third-order valence-electron chi connectivity index (χ3n) is 6.28. The van der Waals surface area contributed by atoms with Crippen LogP contribution >= 0.6 is 0 Å². The molecule has 4 rings (SSSR count). The molecule has 5 nitrogen and oxygen atoms in total. The lowest BCUT2D eigenvalue weighted by Crippen LogP contribution is -2.44. The van der Waals surface area contributed by atoms with Gasteiger partial charge in [0.05, 0.1) is 13.7 Å². The van der Waals surface area contributed by atoms with Gasteiger partial charge in [-0.3, -0.25) is 9.69 Å². The van der Waals surface area contributed by atoms with E-state index in [1.807, 2.05) is 25.1 Å². The molecule has 0 saturated carbocycles. The van der Waals surface area contributed by atoms with Gasteiger partial charge in [-0.05, 0) is 71.5 Å². The number of nitrogens with zero attached hydrogens (tertiary/aromatic N) is 1. The molecule has 0 aliphatic carbocycles. The molecule has 0 aromatic heterocycles. The number of amides is 1. The van der Waals surface area contributed by atoms with Crippen LogP contribution in [0, 0.1) is 6.92 Å². The second kappa shape index (κ2) is 10.2. The smallest absolute Gasteiger partial charge is 0.251 e. The molecule has 1 amide bonds. The quantitative estimate of drug-likeness (QED) is 0.588. The van der Waals surface area contributed by atoms with Crippen LogP contribution in [0.3, 0.4) is 0 Å². The maximum Gasteiger partial charge on any atom is 0.251 e. The van der Waals surface area contributed by atoms with Crippen molar-refractivity contribution in [2.75, 3.05) is 27.3 Å². The highest BCUT2D eigenvalue weighted by Crippen LogP contribution is 2.22. The van der Waals surface area contributed by atoms with E-state index >= 15 is 0 Å². The Morgan fingerprint density at radius 2 is 1.69 bits per heavy atom. The molecule has 1 N–H and O–H groups in total. The highest BCUT2D eigenvalue weighted by molar-refractivity contribution is 5.95. The minimum atomic E-state index is -0.0249. The number of aryl methyl sites for hydroxylation is 1. The molecule has 168 valence electrons. The zero-order valence-corrected chi connectivity index (χ0v) is 19.2. The Kier molecular flexibility index (Phi) is 7.08. The maximum atomic E-state index is 12.7. The summed E-state index contributed by atoms with van der Waals surface area (Å²) < 4.78 is 10.6. The zero-order chi connectivity index (χ0) is 22.5. The minimum Gasteiger partial charge on any atom is -0.496 e. The predicted octanol–water partition coefficient (Wildman–Crippen LogP) is 4.70. The van der Waals surface area contributed by atoms with Crippen LogP contribution in [-0.4, -0.2) is 44.2 Å². The zero-order valence-electron chi connectivity index (χ0n) is 19.2. The fraction of sp³-hybridized carbons (Fsp3) is 0.370. The number of nitrogens with one attached hydrogen (secondary N) is 1. The number of likely N-dealkylation sites (tertiary alicyclic amines) is 1. The Bertz CT molecular complexity index is 1090. The summed E-state index contributed by atoms with van der Waals surface area (Å²) in [5.41, 5.74) is 4.20. The van der Waals surface area contributed by atoms with Crippen LogP contribution in [0.15, 0.2) is 54.6 Å². The largest absolute Gasteiger partial charge is 0.496 e. The second-order valence-electron chi connectivity index (χ2n) is 8.66. The van der Waals surface area contributed by atoms with E-state index in [0.29, 0.717) is 12.2 Å². The van der Waals surface area contributed by atoms with Crippen molar-refractivity contribution in [3.63, 3.8) is 0 Å². The Hall–Kier alpha value is -2.89. The molecule has 1 fully saturated rings. The Morgan fingerprint density at radius 3 is 2.41 bits per heavy atom. The Labute approximate surface area is 190 Å². The molecule has 0 spiro atoms. The van der Waals surface area contributed by atoms with Gasteiger partial charge in [-0.2, -0.15) is 0 Å². The molecule has 0 bridgehead atoms. The summed E-state index contributed by atoms with van der Waals surface area (Å²) in [4.78, 5) is 15.1. The van der Waals surface area contributed by atoms with Gasteiger partial charge in [-0.25, -0.2) is 0 Å². The van der Waals surface area contributed by atoms with E-state index in [9.17, 15) is 4.79 Å². The summed E-state index contributed by atoms with van der Waals surface area (Å²) in [5, 5.41) is 5.71. The van der Waals surface area contributed by atoms with Gasteiger partial charge in [0.25, 0.3) is 5.91 Å². The summed E-state index contributed by atoms with van der Waals surface area (Å²) >= 11 is 0. The van der Waals surface area contributed by atoms with Crippen molar-refractivity contribution in [2.24, 2.45) is 0 Å². The Balaban J connectivity index is 1.32. The third-order valence-corrected chi connectivity index (χ3v) is 6.28. The molecule has 1 saturated heterocycles. The van der Waals surface area contributed by atoms with Crippen LogP contribution in [0.1, 0.15) is 39.9 Å². The number of hydrogen-bond acceptors (Lipinski definition) is 4. The minimum absolute atomic E-state index is 0.0249. The van der Waals surface area contributed by atoms with E-state index in [1.165, 1.54) is 21.9 Å². The number of ether oxygens (including phenoxy) is 2. The summed E-state index contributed by atoms with van der Waals surface area (Å²) in [6.45, 7) is 5.49. The monoisotopic (exact) mass is 432 g/mol. The van der Waals surface area contributed by atoms with Crippen LogP contribution in [0.25, 0.3) is 10.8 Å². The number of carbonyl (C=O) groups is 1.